The first-order valence-corrected chi connectivity index (χ1v) is 6.19. The van der Waals surface area contributed by atoms with Gasteiger partial charge < -0.3 is 10.0 Å². The molecule has 1 aliphatic rings. The Morgan fingerprint density at radius 3 is 2.83 bits per heavy atom. The lowest BCUT2D eigenvalue weighted by Crippen LogP contribution is -2.40. The molecule has 0 saturated carbocycles. The Morgan fingerprint density at radius 1 is 1.44 bits per heavy atom. The molecular weight excluding hydrogens is 254 g/mol. The number of aryl methyl sites for hydroxylation is 1. The van der Waals surface area contributed by atoms with Gasteiger partial charge in [0.05, 0.1) is 10.6 Å². The Bertz CT molecular complexity index is 501. The van der Waals surface area contributed by atoms with Crippen LogP contribution in [0.1, 0.15) is 28.8 Å². The monoisotopic (exact) mass is 267 g/mol. The van der Waals surface area contributed by atoms with Gasteiger partial charge in [0.1, 0.15) is 6.04 Å². The quantitative estimate of drug-likeness (QED) is 0.895. The Balaban J connectivity index is 2.31. The number of nitrogens with zero attached hydrogens (tertiary/aromatic N) is 1. The molecule has 0 bridgehead atoms. The Labute approximate surface area is 110 Å². The number of amides is 1. The first-order valence-electron chi connectivity index (χ1n) is 5.81. The lowest BCUT2D eigenvalue weighted by molar-refractivity contribution is -0.141. The molecule has 0 radical (unpaired) electrons. The van der Waals surface area contributed by atoms with Gasteiger partial charge in [-0.25, -0.2) is 4.79 Å². The second kappa shape index (κ2) is 4.98. The second-order valence-electron chi connectivity index (χ2n) is 4.43. The van der Waals surface area contributed by atoms with Crippen molar-refractivity contribution in [2.75, 3.05) is 6.54 Å². The van der Waals surface area contributed by atoms with E-state index in [0.717, 1.165) is 5.56 Å². The maximum absolute atomic E-state index is 12.3. The van der Waals surface area contributed by atoms with Crippen molar-refractivity contribution in [2.24, 2.45) is 0 Å². The topological polar surface area (TPSA) is 57.6 Å². The highest BCUT2D eigenvalue weighted by molar-refractivity contribution is 6.34. The molecule has 1 aromatic rings. The fraction of sp³-hybridized carbons (Fsp3) is 0.385. The van der Waals surface area contributed by atoms with Gasteiger partial charge >= 0.3 is 5.97 Å². The van der Waals surface area contributed by atoms with E-state index in [4.69, 9.17) is 16.7 Å². The molecule has 4 nitrogen and oxygen atoms in total. The number of carbonyl (C=O) groups excluding carboxylic acids is 1. The van der Waals surface area contributed by atoms with Gasteiger partial charge in [0.15, 0.2) is 0 Å². The van der Waals surface area contributed by atoms with E-state index in [0.29, 0.717) is 30.0 Å². The van der Waals surface area contributed by atoms with Crippen molar-refractivity contribution in [3.63, 3.8) is 0 Å². The number of hydrogen-bond acceptors (Lipinski definition) is 2. The first-order chi connectivity index (χ1) is 8.52. The van der Waals surface area contributed by atoms with Gasteiger partial charge in [0, 0.05) is 6.54 Å². The van der Waals surface area contributed by atoms with E-state index in [1.807, 2.05) is 13.0 Å². The van der Waals surface area contributed by atoms with E-state index in [2.05, 4.69) is 0 Å². The number of halogens is 1. The molecule has 5 heteroatoms. The number of carbonyl (C=O) groups is 2. The fourth-order valence-electron chi connectivity index (χ4n) is 2.23. The van der Waals surface area contributed by atoms with Crippen LogP contribution in [0.5, 0.6) is 0 Å². The molecule has 0 aromatic heterocycles. The molecule has 1 aromatic carbocycles. The minimum absolute atomic E-state index is 0.298. The third-order valence-corrected chi connectivity index (χ3v) is 3.72. The molecule has 1 heterocycles. The summed E-state index contributed by atoms with van der Waals surface area (Å²) in [5, 5.41) is 9.48. The van der Waals surface area contributed by atoms with Crippen molar-refractivity contribution in [1.29, 1.82) is 0 Å². The molecule has 1 aliphatic heterocycles. The molecule has 1 fully saturated rings. The van der Waals surface area contributed by atoms with E-state index in [1.165, 1.54) is 4.90 Å². The summed E-state index contributed by atoms with van der Waals surface area (Å²) in [5.41, 5.74) is 1.19. The Hall–Kier alpha value is -1.55. The van der Waals surface area contributed by atoms with Crippen molar-refractivity contribution >= 4 is 23.5 Å². The zero-order valence-electron chi connectivity index (χ0n) is 10.0. The normalized spacial score (nSPS) is 19.0. The Kier molecular flexibility index (Phi) is 3.57. The second-order valence-corrected chi connectivity index (χ2v) is 4.81. The molecule has 1 amide bonds. The third-order valence-electron chi connectivity index (χ3n) is 3.22. The zero-order valence-corrected chi connectivity index (χ0v) is 10.8. The van der Waals surface area contributed by atoms with E-state index in [1.54, 1.807) is 12.1 Å². The van der Waals surface area contributed by atoms with Crippen molar-refractivity contribution in [2.45, 2.75) is 25.8 Å². The van der Waals surface area contributed by atoms with Crippen molar-refractivity contribution in [1.82, 2.24) is 4.90 Å². The summed E-state index contributed by atoms with van der Waals surface area (Å²) in [7, 11) is 0. The number of carboxylic acids is 1. The molecule has 2 rings (SSSR count). The summed E-state index contributed by atoms with van der Waals surface area (Å²) in [6.45, 7) is 2.29. The van der Waals surface area contributed by atoms with Crippen molar-refractivity contribution in [3.05, 3.63) is 34.3 Å². The summed E-state index contributed by atoms with van der Waals surface area (Å²) in [6.07, 6.45) is 1.22. The van der Waals surface area contributed by atoms with Crippen molar-refractivity contribution in [3.8, 4) is 0 Å². The number of rotatable bonds is 2. The van der Waals surface area contributed by atoms with Gasteiger partial charge in [-0.3, -0.25) is 4.79 Å². The van der Waals surface area contributed by atoms with Crippen LogP contribution in [0.4, 0.5) is 0 Å². The van der Waals surface area contributed by atoms with E-state index < -0.39 is 12.0 Å². The minimum Gasteiger partial charge on any atom is -0.480 e. The summed E-state index contributed by atoms with van der Waals surface area (Å²) < 4.78 is 0. The molecule has 18 heavy (non-hydrogen) atoms. The summed E-state index contributed by atoms with van der Waals surface area (Å²) in [6, 6.07) is 4.47. The molecule has 0 spiro atoms. The van der Waals surface area contributed by atoms with E-state index in [9.17, 15) is 9.59 Å². The van der Waals surface area contributed by atoms with Gasteiger partial charge in [0.25, 0.3) is 5.91 Å². The molecule has 96 valence electrons. The van der Waals surface area contributed by atoms with Crippen LogP contribution in [0.25, 0.3) is 0 Å². The maximum atomic E-state index is 12.3. The van der Waals surface area contributed by atoms with Gasteiger partial charge in [0.2, 0.25) is 0 Å². The number of aliphatic carboxylic acids is 1. The summed E-state index contributed by atoms with van der Waals surface area (Å²) in [5.74, 6) is -1.25. The largest absolute Gasteiger partial charge is 0.480 e. The predicted molar refractivity (Wildman–Crippen MR) is 67.9 cm³/mol. The minimum atomic E-state index is -0.954. The third kappa shape index (κ3) is 2.20. The number of carboxylic acid groups (broad SMARTS) is 1. The average molecular weight is 268 g/mol. The molecule has 1 saturated heterocycles. The van der Waals surface area contributed by atoms with Crippen LogP contribution < -0.4 is 0 Å². The van der Waals surface area contributed by atoms with E-state index >= 15 is 0 Å². The highest BCUT2D eigenvalue weighted by atomic mass is 35.5. The van der Waals surface area contributed by atoms with Gasteiger partial charge in [-0.1, -0.05) is 23.7 Å². The molecule has 0 unspecified atom stereocenters. The lowest BCUT2D eigenvalue weighted by atomic mass is 10.1. The number of likely N-dealkylation sites (tertiary alicyclic amines) is 1. The van der Waals surface area contributed by atoms with Gasteiger partial charge in [-0.05, 0) is 31.4 Å². The number of benzene rings is 1. The molecule has 0 aliphatic carbocycles. The van der Waals surface area contributed by atoms with Gasteiger partial charge in [-0.15, -0.1) is 0 Å². The molecular formula is C13H14ClNO3. The predicted octanol–water partition coefficient (Wildman–Crippen LogP) is 2.34. The zero-order chi connectivity index (χ0) is 13.3. The smallest absolute Gasteiger partial charge is 0.326 e. The van der Waals surface area contributed by atoms with Crippen LogP contribution in [0.15, 0.2) is 18.2 Å². The summed E-state index contributed by atoms with van der Waals surface area (Å²) in [4.78, 5) is 24.8. The molecule has 1 N–H and O–H groups in total. The van der Waals surface area contributed by atoms with Crippen LogP contribution >= 0.6 is 11.6 Å². The average Bonchev–Trinajstić information content (AvgIpc) is 2.81. The van der Waals surface area contributed by atoms with Crippen LogP contribution in [-0.4, -0.2) is 34.5 Å². The van der Waals surface area contributed by atoms with E-state index in [-0.39, 0.29) is 5.91 Å². The fourth-order valence-corrected chi connectivity index (χ4v) is 2.44. The highest BCUT2D eigenvalue weighted by Crippen LogP contribution is 2.26. The standard InChI is InChI=1S/C13H14ClNO3/c1-8-4-2-5-9(11(8)14)12(16)15-7-3-6-10(15)13(17)18/h2,4-5,10H,3,6-7H2,1H3,(H,17,18)/t10-/m1/s1. The number of hydrogen-bond donors (Lipinski definition) is 1. The lowest BCUT2D eigenvalue weighted by Gasteiger charge is -2.22. The highest BCUT2D eigenvalue weighted by Gasteiger charge is 2.35. The Morgan fingerprint density at radius 2 is 2.17 bits per heavy atom. The van der Waals surface area contributed by atoms with Crippen molar-refractivity contribution < 1.29 is 14.7 Å². The van der Waals surface area contributed by atoms with Crippen LogP contribution in [0.2, 0.25) is 5.02 Å². The van der Waals surface area contributed by atoms with Crippen LogP contribution in [-0.2, 0) is 4.79 Å². The maximum Gasteiger partial charge on any atom is 0.326 e. The first kappa shape index (κ1) is 12.9. The molecule has 1 atom stereocenters. The van der Waals surface area contributed by atoms with Crippen LogP contribution in [0.3, 0.4) is 0 Å². The SMILES string of the molecule is Cc1cccc(C(=O)N2CCC[C@@H]2C(=O)O)c1Cl. The summed E-state index contributed by atoms with van der Waals surface area (Å²) >= 11 is 6.10. The van der Waals surface area contributed by atoms with Gasteiger partial charge in [-0.2, -0.15) is 0 Å². The van der Waals surface area contributed by atoms with Crippen LogP contribution in [0, 0.1) is 6.92 Å².